The maximum absolute atomic E-state index is 11.1. The molecule has 0 saturated heterocycles. The van der Waals surface area contributed by atoms with Gasteiger partial charge in [0.15, 0.2) is 0 Å². The molecule has 7 nitrogen and oxygen atoms in total. The summed E-state index contributed by atoms with van der Waals surface area (Å²) in [5, 5.41) is 17.3. The summed E-state index contributed by atoms with van der Waals surface area (Å²) in [5.41, 5.74) is -0.0898. The zero-order valence-electron chi connectivity index (χ0n) is 13.2. The van der Waals surface area contributed by atoms with E-state index in [9.17, 15) is 10.1 Å². The van der Waals surface area contributed by atoms with Crippen molar-refractivity contribution in [3.05, 3.63) is 16.3 Å². The number of aromatic nitrogens is 2. The van der Waals surface area contributed by atoms with Gasteiger partial charge in [0, 0.05) is 12.6 Å². The van der Waals surface area contributed by atoms with Crippen molar-refractivity contribution < 1.29 is 4.92 Å². The van der Waals surface area contributed by atoms with Crippen molar-refractivity contribution in [3.8, 4) is 0 Å². The first-order valence-electron chi connectivity index (χ1n) is 7.49. The predicted molar refractivity (Wildman–Crippen MR) is 84.6 cm³/mol. The van der Waals surface area contributed by atoms with Gasteiger partial charge in [-0.05, 0) is 25.7 Å². The fourth-order valence-electron chi connectivity index (χ4n) is 2.00. The predicted octanol–water partition coefficient (Wildman–Crippen LogP) is 3.44. The van der Waals surface area contributed by atoms with Gasteiger partial charge in [-0.2, -0.15) is 4.98 Å². The highest BCUT2D eigenvalue weighted by Crippen LogP contribution is 2.24. The second kappa shape index (κ2) is 8.39. The van der Waals surface area contributed by atoms with E-state index in [-0.39, 0.29) is 17.5 Å². The summed E-state index contributed by atoms with van der Waals surface area (Å²) >= 11 is 0. The molecule has 0 aliphatic rings. The Hall–Kier alpha value is -1.92. The Morgan fingerprint density at radius 2 is 2.10 bits per heavy atom. The SMILES string of the molecule is CCCNc1ncc([N+](=O)[O-])c(NC(C)CC(C)CC)n1. The molecule has 0 bridgehead atoms. The van der Waals surface area contributed by atoms with E-state index in [1.807, 2.05) is 13.8 Å². The minimum atomic E-state index is -0.456. The Labute approximate surface area is 125 Å². The van der Waals surface area contributed by atoms with E-state index in [4.69, 9.17) is 0 Å². The van der Waals surface area contributed by atoms with Crippen LogP contribution in [0, 0.1) is 16.0 Å². The van der Waals surface area contributed by atoms with Gasteiger partial charge in [0.25, 0.3) is 0 Å². The molecule has 1 heterocycles. The van der Waals surface area contributed by atoms with Gasteiger partial charge in [-0.3, -0.25) is 10.1 Å². The highest BCUT2D eigenvalue weighted by atomic mass is 16.6. The van der Waals surface area contributed by atoms with Crippen molar-refractivity contribution in [2.24, 2.45) is 5.92 Å². The van der Waals surface area contributed by atoms with E-state index < -0.39 is 4.92 Å². The van der Waals surface area contributed by atoms with Crippen LogP contribution < -0.4 is 10.6 Å². The Morgan fingerprint density at radius 1 is 1.38 bits per heavy atom. The van der Waals surface area contributed by atoms with Crippen molar-refractivity contribution in [1.82, 2.24) is 9.97 Å². The van der Waals surface area contributed by atoms with Crippen molar-refractivity contribution >= 4 is 17.5 Å². The van der Waals surface area contributed by atoms with Crippen LogP contribution in [0.15, 0.2) is 6.20 Å². The van der Waals surface area contributed by atoms with Crippen LogP contribution in [-0.2, 0) is 0 Å². The van der Waals surface area contributed by atoms with E-state index >= 15 is 0 Å². The number of nitro groups is 1. The number of rotatable bonds is 9. The van der Waals surface area contributed by atoms with Crippen LogP contribution in [-0.4, -0.2) is 27.5 Å². The smallest absolute Gasteiger partial charge is 0.329 e. The fraction of sp³-hybridized carbons (Fsp3) is 0.714. The molecule has 7 heteroatoms. The third kappa shape index (κ3) is 5.53. The zero-order chi connectivity index (χ0) is 15.8. The maximum atomic E-state index is 11.1. The van der Waals surface area contributed by atoms with E-state index in [0.717, 1.165) is 25.8 Å². The van der Waals surface area contributed by atoms with Crippen LogP contribution >= 0.6 is 0 Å². The fourth-order valence-corrected chi connectivity index (χ4v) is 2.00. The molecular formula is C14H25N5O2. The molecule has 0 aliphatic heterocycles. The quantitative estimate of drug-likeness (QED) is 0.535. The van der Waals surface area contributed by atoms with Gasteiger partial charge in [0.1, 0.15) is 6.20 Å². The molecule has 21 heavy (non-hydrogen) atoms. The first-order chi connectivity index (χ1) is 9.97. The van der Waals surface area contributed by atoms with Crippen LogP contribution in [0.1, 0.15) is 47.0 Å². The average Bonchev–Trinajstić information content (AvgIpc) is 2.44. The molecule has 2 atom stereocenters. The number of hydrogen-bond acceptors (Lipinski definition) is 6. The molecule has 0 spiro atoms. The normalized spacial score (nSPS) is 13.5. The molecule has 2 N–H and O–H groups in total. The number of nitrogens with zero attached hydrogens (tertiary/aromatic N) is 3. The van der Waals surface area contributed by atoms with Crippen molar-refractivity contribution in [2.45, 2.75) is 53.0 Å². The van der Waals surface area contributed by atoms with Crippen molar-refractivity contribution in [3.63, 3.8) is 0 Å². The molecule has 0 radical (unpaired) electrons. The summed E-state index contributed by atoms with van der Waals surface area (Å²) in [6, 6.07) is 0.118. The molecule has 1 aromatic rings. The standard InChI is InChI=1S/C14H25N5O2/c1-5-7-15-14-16-9-12(19(20)21)13(18-14)17-11(4)8-10(3)6-2/h9-11H,5-8H2,1-4H3,(H2,15,16,17,18). The first-order valence-corrected chi connectivity index (χ1v) is 7.49. The van der Waals surface area contributed by atoms with E-state index in [2.05, 4.69) is 34.4 Å². The van der Waals surface area contributed by atoms with E-state index in [0.29, 0.717) is 11.9 Å². The summed E-state index contributed by atoms with van der Waals surface area (Å²) in [6.45, 7) is 9.08. The molecule has 0 saturated carbocycles. The number of nitrogens with one attached hydrogen (secondary N) is 2. The van der Waals surface area contributed by atoms with Crippen molar-refractivity contribution in [2.75, 3.05) is 17.2 Å². The van der Waals surface area contributed by atoms with Gasteiger partial charge in [0.05, 0.1) is 4.92 Å². The van der Waals surface area contributed by atoms with Crippen LogP contribution in [0.5, 0.6) is 0 Å². The summed E-state index contributed by atoms with van der Waals surface area (Å²) in [6.07, 6.45) is 4.22. The lowest BCUT2D eigenvalue weighted by atomic mass is 10.0. The number of hydrogen-bond donors (Lipinski definition) is 2. The lowest BCUT2D eigenvalue weighted by molar-refractivity contribution is -0.384. The van der Waals surface area contributed by atoms with Crippen LogP contribution in [0.2, 0.25) is 0 Å². The minimum absolute atomic E-state index is 0.0898. The highest BCUT2D eigenvalue weighted by Gasteiger charge is 2.19. The Balaban J connectivity index is 2.87. The van der Waals surface area contributed by atoms with Gasteiger partial charge in [-0.25, -0.2) is 4.98 Å². The molecule has 0 aromatic carbocycles. The molecular weight excluding hydrogens is 270 g/mol. The topological polar surface area (TPSA) is 93.0 Å². The van der Waals surface area contributed by atoms with Crippen LogP contribution in [0.4, 0.5) is 17.5 Å². The molecule has 1 aromatic heterocycles. The Kier molecular flexibility index (Phi) is 6.84. The van der Waals surface area contributed by atoms with Gasteiger partial charge < -0.3 is 10.6 Å². The summed E-state index contributed by atoms with van der Waals surface area (Å²) in [4.78, 5) is 18.8. The third-order valence-corrected chi connectivity index (χ3v) is 3.34. The third-order valence-electron chi connectivity index (χ3n) is 3.34. The Morgan fingerprint density at radius 3 is 2.67 bits per heavy atom. The van der Waals surface area contributed by atoms with Crippen LogP contribution in [0.3, 0.4) is 0 Å². The molecule has 0 amide bonds. The lowest BCUT2D eigenvalue weighted by Gasteiger charge is -2.18. The first kappa shape index (κ1) is 17.1. The summed E-state index contributed by atoms with van der Waals surface area (Å²) in [7, 11) is 0. The second-order valence-corrected chi connectivity index (χ2v) is 5.41. The zero-order valence-corrected chi connectivity index (χ0v) is 13.2. The molecule has 2 unspecified atom stereocenters. The summed E-state index contributed by atoms with van der Waals surface area (Å²) in [5.74, 6) is 1.26. The second-order valence-electron chi connectivity index (χ2n) is 5.41. The van der Waals surface area contributed by atoms with Crippen molar-refractivity contribution in [1.29, 1.82) is 0 Å². The van der Waals surface area contributed by atoms with E-state index in [1.54, 1.807) is 0 Å². The highest BCUT2D eigenvalue weighted by molar-refractivity contribution is 5.57. The van der Waals surface area contributed by atoms with Gasteiger partial charge >= 0.3 is 5.69 Å². The maximum Gasteiger partial charge on any atom is 0.329 e. The monoisotopic (exact) mass is 295 g/mol. The average molecular weight is 295 g/mol. The largest absolute Gasteiger partial charge is 0.362 e. The molecule has 0 fully saturated rings. The minimum Gasteiger partial charge on any atom is -0.362 e. The molecule has 0 aliphatic carbocycles. The van der Waals surface area contributed by atoms with E-state index in [1.165, 1.54) is 6.20 Å². The molecule has 1 rings (SSSR count). The van der Waals surface area contributed by atoms with Gasteiger partial charge in [0.2, 0.25) is 11.8 Å². The Bertz CT molecular complexity index is 467. The van der Waals surface area contributed by atoms with Crippen LogP contribution in [0.25, 0.3) is 0 Å². The number of anilines is 2. The molecule has 118 valence electrons. The van der Waals surface area contributed by atoms with Gasteiger partial charge in [-0.15, -0.1) is 0 Å². The summed E-state index contributed by atoms with van der Waals surface area (Å²) < 4.78 is 0. The lowest BCUT2D eigenvalue weighted by Crippen LogP contribution is -2.20. The van der Waals surface area contributed by atoms with Gasteiger partial charge in [-0.1, -0.05) is 27.2 Å².